The summed E-state index contributed by atoms with van der Waals surface area (Å²) in [4.78, 5) is 22.7. The van der Waals surface area contributed by atoms with E-state index in [1.165, 1.54) is 0 Å². The summed E-state index contributed by atoms with van der Waals surface area (Å²) in [5.74, 6) is -1.35. The largest absolute Gasteiger partial charge is 0.478 e. The van der Waals surface area contributed by atoms with Gasteiger partial charge >= 0.3 is 5.97 Å². The molecule has 0 aliphatic carbocycles. The van der Waals surface area contributed by atoms with Crippen molar-refractivity contribution in [3.63, 3.8) is 0 Å². The number of aromatic carboxylic acids is 1. The molecular weight excluding hydrogens is 260 g/mol. The Hall–Kier alpha value is -1.92. The minimum absolute atomic E-state index is 0.107. The normalized spacial score (nSPS) is 21.6. The van der Waals surface area contributed by atoms with Crippen molar-refractivity contribution >= 4 is 11.9 Å². The van der Waals surface area contributed by atoms with Crippen molar-refractivity contribution in [2.24, 2.45) is 11.7 Å². The lowest BCUT2D eigenvalue weighted by Gasteiger charge is -2.13. The van der Waals surface area contributed by atoms with Crippen LogP contribution in [0.2, 0.25) is 0 Å². The van der Waals surface area contributed by atoms with E-state index in [1.54, 1.807) is 18.2 Å². The maximum Gasteiger partial charge on any atom is 0.335 e. The third-order valence-corrected chi connectivity index (χ3v) is 3.35. The highest BCUT2D eigenvalue weighted by Gasteiger charge is 2.30. The lowest BCUT2D eigenvalue weighted by Crippen LogP contribution is -2.41. The minimum atomic E-state index is -0.954. The van der Waals surface area contributed by atoms with Crippen LogP contribution in [0.15, 0.2) is 24.3 Å². The van der Waals surface area contributed by atoms with Crippen molar-refractivity contribution in [3.8, 4) is 0 Å². The Kier molecular flexibility index (Phi) is 4.70. The van der Waals surface area contributed by atoms with E-state index in [-0.39, 0.29) is 23.4 Å². The molecule has 1 aromatic rings. The van der Waals surface area contributed by atoms with Gasteiger partial charge < -0.3 is 20.9 Å². The molecule has 108 valence electrons. The standard InChI is InChI=1S/C14H18N2O4/c15-12-8-20-7-11(12)13(17)16-5-4-9-2-1-3-10(6-9)14(18)19/h1-3,6,11-12H,4-5,7-8,15H2,(H,16,17)(H,18,19). The summed E-state index contributed by atoms with van der Waals surface area (Å²) >= 11 is 0. The molecule has 0 radical (unpaired) electrons. The molecule has 0 aromatic heterocycles. The summed E-state index contributed by atoms with van der Waals surface area (Å²) in [7, 11) is 0. The first-order valence-corrected chi connectivity index (χ1v) is 6.51. The number of carbonyl (C=O) groups excluding carboxylic acids is 1. The van der Waals surface area contributed by atoms with Crippen LogP contribution < -0.4 is 11.1 Å². The number of nitrogens with two attached hydrogens (primary N) is 1. The fourth-order valence-electron chi connectivity index (χ4n) is 2.16. The smallest absolute Gasteiger partial charge is 0.335 e. The van der Waals surface area contributed by atoms with E-state index in [0.717, 1.165) is 5.56 Å². The molecule has 20 heavy (non-hydrogen) atoms. The van der Waals surface area contributed by atoms with Gasteiger partial charge in [0.05, 0.1) is 24.7 Å². The summed E-state index contributed by atoms with van der Waals surface area (Å²) in [5, 5.41) is 11.7. The van der Waals surface area contributed by atoms with E-state index >= 15 is 0 Å². The minimum Gasteiger partial charge on any atom is -0.478 e. The third kappa shape index (κ3) is 3.55. The maximum atomic E-state index is 11.9. The summed E-state index contributed by atoms with van der Waals surface area (Å²) in [5.41, 5.74) is 6.89. The Labute approximate surface area is 116 Å². The molecule has 1 aliphatic rings. The van der Waals surface area contributed by atoms with Crippen LogP contribution in [0.4, 0.5) is 0 Å². The van der Waals surface area contributed by atoms with Crippen LogP contribution in [0.1, 0.15) is 15.9 Å². The molecule has 1 heterocycles. The van der Waals surface area contributed by atoms with E-state index in [4.69, 9.17) is 15.6 Å². The molecule has 0 saturated carbocycles. The SMILES string of the molecule is NC1COCC1C(=O)NCCc1cccc(C(=O)O)c1. The number of benzene rings is 1. The van der Waals surface area contributed by atoms with Crippen molar-refractivity contribution in [3.05, 3.63) is 35.4 Å². The fourth-order valence-corrected chi connectivity index (χ4v) is 2.16. The van der Waals surface area contributed by atoms with Gasteiger partial charge in [0.25, 0.3) is 0 Å². The van der Waals surface area contributed by atoms with Crippen molar-refractivity contribution in [1.82, 2.24) is 5.32 Å². The Balaban J connectivity index is 1.82. The molecule has 1 aliphatic heterocycles. The van der Waals surface area contributed by atoms with E-state index < -0.39 is 5.97 Å². The van der Waals surface area contributed by atoms with Gasteiger partial charge in [0.1, 0.15) is 0 Å². The monoisotopic (exact) mass is 278 g/mol. The quantitative estimate of drug-likeness (QED) is 0.704. The molecule has 1 amide bonds. The molecule has 4 N–H and O–H groups in total. The third-order valence-electron chi connectivity index (χ3n) is 3.35. The number of ether oxygens (including phenoxy) is 1. The predicted molar refractivity (Wildman–Crippen MR) is 72.4 cm³/mol. The first-order valence-electron chi connectivity index (χ1n) is 6.51. The van der Waals surface area contributed by atoms with Crippen LogP contribution in [-0.4, -0.2) is 42.8 Å². The van der Waals surface area contributed by atoms with Crippen molar-refractivity contribution in [2.75, 3.05) is 19.8 Å². The second-order valence-electron chi connectivity index (χ2n) is 4.85. The van der Waals surface area contributed by atoms with E-state index in [0.29, 0.717) is 26.2 Å². The molecule has 2 rings (SSSR count). The summed E-state index contributed by atoms with van der Waals surface area (Å²) in [6, 6.07) is 6.44. The van der Waals surface area contributed by atoms with Gasteiger partial charge in [-0.1, -0.05) is 12.1 Å². The zero-order valence-corrected chi connectivity index (χ0v) is 11.0. The lowest BCUT2D eigenvalue weighted by molar-refractivity contribution is -0.125. The second kappa shape index (κ2) is 6.49. The Morgan fingerprint density at radius 1 is 1.40 bits per heavy atom. The Morgan fingerprint density at radius 3 is 2.85 bits per heavy atom. The highest BCUT2D eigenvalue weighted by atomic mass is 16.5. The summed E-state index contributed by atoms with van der Waals surface area (Å²) in [6.45, 7) is 1.23. The van der Waals surface area contributed by atoms with Crippen LogP contribution in [0.25, 0.3) is 0 Å². The number of hydrogen-bond donors (Lipinski definition) is 3. The van der Waals surface area contributed by atoms with Crippen LogP contribution in [-0.2, 0) is 16.0 Å². The number of carboxylic acid groups (broad SMARTS) is 1. The van der Waals surface area contributed by atoms with Gasteiger partial charge in [-0.3, -0.25) is 4.79 Å². The summed E-state index contributed by atoms with van der Waals surface area (Å²) < 4.78 is 5.15. The predicted octanol–water partition coefficient (Wildman–Crippen LogP) is 0.0172. The number of amides is 1. The Bertz CT molecular complexity index is 504. The molecule has 6 heteroatoms. The number of carboxylic acids is 1. The van der Waals surface area contributed by atoms with E-state index in [9.17, 15) is 9.59 Å². The number of carbonyl (C=O) groups is 2. The molecular formula is C14H18N2O4. The van der Waals surface area contributed by atoms with Crippen LogP contribution >= 0.6 is 0 Å². The van der Waals surface area contributed by atoms with Crippen molar-refractivity contribution in [2.45, 2.75) is 12.5 Å². The lowest BCUT2D eigenvalue weighted by atomic mass is 10.0. The van der Waals surface area contributed by atoms with Gasteiger partial charge in [-0.25, -0.2) is 4.79 Å². The van der Waals surface area contributed by atoms with Gasteiger partial charge in [-0.05, 0) is 24.1 Å². The number of hydrogen-bond acceptors (Lipinski definition) is 4. The van der Waals surface area contributed by atoms with E-state index in [1.807, 2.05) is 6.07 Å². The second-order valence-corrected chi connectivity index (χ2v) is 4.85. The van der Waals surface area contributed by atoms with Crippen LogP contribution in [0.3, 0.4) is 0 Å². The molecule has 1 aromatic carbocycles. The van der Waals surface area contributed by atoms with Crippen LogP contribution in [0, 0.1) is 5.92 Å². The number of nitrogens with one attached hydrogen (secondary N) is 1. The van der Waals surface area contributed by atoms with Gasteiger partial charge in [-0.15, -0.1) is 0 Å². The Morgan fingerprint density at radius 2 is 2.20 bits per heavy atom. The fraction of sp³-hybridized carbons (Fsp3) is 0.429. The molecule has 2 unspecified atom stereocenters. The van der Waals surface area contributed by atoms with Gasteiger partial charge in [0, 0.05) is 12.6 Å². The molecule has 0 spiro atoms. The summed E-state index contributed by atoms with van der Waals surface area (Å²) in [6.07, 6.45) is 0.579. The topological polar surface area (TPSA) is 102 Å². The van der Waals surface area contributed by atoms with Crippen molar-refractivity contribution in [1.29, 1.82) is 0 Å². The average molecular weight is 278 g/mol. The molecule has 1 saturated heterocycles. The first-order chi connectivity index (χ1) is 9.58. The molecule has 2 atom stereocenters. The molecule has 0 bridgehead atoms. The van der Waals surface area contributed by atoms with Gasteiger partial charge in [0.2, 0.25) is 5.91 Å². The van der Waals surface area contributed by atoms with E-state index in [2.05, 4.69) is 5.32 Å². The number of rotatable bonds is 5. The highest BCUT2D eigenvalue weighted by Crippen LogP contribution is 2.11. The van der Waals surface area contributed by atoms with Gasteiger partial charge in [-0.2, -0.15) is 0 Å². The molecule has 1 fully saturated rings. The molecule has 6 nitrogen and oxygen atoms in total. The van der Waals surface area contributed by atoms with Crippen LogP contribution in [0.5, 0.6) is 0 Å². The van der Waals surface area contributed by atoms with Gasteiger partial charge in [0.15, 0.2) is 0 Å². The zero-order chi connectivity index (χ0) is 14.5. The zero-order valence-electron chi connectivity index (χ0n) is 11.0. The average Bonchev–Trinajstić information content (AvgIpc) is 2.85. The maximum absolute atomic E-state index is 11.9. The van der Waals surface area contributed by atoms with Crippen molar-refractivity contribution < 1.29 is 19.4 Å². The first kappa shape index (κ1) is 14.5. The highest BCUT2D eigenvalue weighted by molar-refractivity contribution is 5.87.